The summed E-state index contributed by atoms with van der Waals surface area (Å²) in [4.78, 5) is 30.6. The van der Waals surface area contributed by atoms with E-state index in [1.165, 1.54) is 12.1 Å². The molecule has 0 N–H and O–H groups in total. The van der Waals surface area contributed by atoms with Crippen LogP contribution in [0.4, 0.5) is 0 Å². The third-order valence-corrected chi connectivity index (χ3v) is 6.07. The number of hydrogen-bond acceptors (Lipinski definition) is 4. The lowest BCUT2D eigenvalue weighted by Gasteiger charge is -2.15. The number of aromatic nitrogens is 1. The minimum atomic E-state index is -0.644. The van der Waals surface area contributed by atoms with Gasteiger partial charge in [0.05, 0.1) is 21.8 Å². The summed E-state index contributed by atoms with van der Waals surface area (Å²) in [5, 5.41) is 1.62. The Bertz CT molecular complexity index is 1400. The molecule has 7 heteroatoms. The summed E-state index contributed by atoms with van der Waals surface area (Å²) in [6.07, 6.45) is 0. The van der Waals surface area contributed by atoms with E-state index in [1.807, 2.05) is 31.2 Å². The van der Waals surface area contributed by atoms with Gasteiger partial charge in [0, 0.05) is 26.6 Å². The molecule has 0 aliphatic heterocycles. The van der Waals surface area contributed by atoms with Gasteiger partial charge in [0.1, 0.15) is 0 Å². The van der Waals surface area contributed by atoms with Crippen LogP contribution in [-0.2, 0) is 4.74 Å². The predicted octanol–water partition coefficient (Wildman–Crippen LogP) is 7.52. The van der Waals surface area contributed by atoms with Crippen LogP contribution in [0.5, 0.6) is 0 Å². The molecule has 33 heavy (non-hydrogen) atoms. The largest absolute Gasteiger partial charge is 0.454 e. The number of hydrogen-bond donors (Lipinski definition) is 0. The molecule has 0 radical (unpaired) electrons. The topological polar surface area (TPSA) is 56.3 Å². The van der Waals surface area contributed by atoms with Gasteiger partial charge in [-0.3, -0.25) is 4.79 Å². The summed E-state index contributed by atoms with van der Waals surface area (Å²) in [7, 11) is 0. The number of benzene rings is 3. The Morgan fingerprint density at radius 3 is 2.24 bits per heavy atom. The highest BCUT2D eigenvalue weighted by atomic mass is 35.5. The third-order valence-electron chi connectivity index (χ3n) is 5.29. The van der Waals surface area contributed by atoms with Crippen LogP contribution in [0.2, 0.25) is 15.1 Å². The van der Waals surface area contributed by atoms with Gasteiger partial charge in [-0.25, -0.2) is 9.78 Å². The highest BCUT2D eigenvalue weighted by molar-refractivity contribution is 6.37. The van der Waals surface area contributed by atoms with Crippen molar-refractivity contribution in [2.45, 2.75) is 13.8 Å². The molecule has 3 aromatic carbocycles. The lowest BCUT2D eigenvalue weighted by Crippen LogP contribution is -2.16. The van der Waals surface area contributed by atoms with Crippen LogP contribution in [0.15, 0.2) is 60.7 Å². The molecule has 1 heterocycles. The smallest absolute Gasteiger partial charge is 0.339 e. The van der Waals surface area contributed by atoms with E-state index in [0.29, 0.717) is 37.8 Å². The first-order valence-corrected chi connectivity index (χ1v) is 11.2. The van der Waals surface area contributed by atoms with Gasteiger partial charge in [-0.05, 0) is 55.8 Å². The van der Waals surface area contributed by atoms with E-state index in [2.05, 4.69) is 0 Å². The number of carbonyl (C=O) groups is 2. The lowest BCUT2D eigenvalue weighted by atomic mass is 9.97. The Labute approximate surface area is 206 Å². The molecule has 0 spiro atoms. The number of ketones is 1. The summed E-state index contributed by atoms with van der Waals surface area (Å²) in [6, 6.07) is 17.5. The number of rotatable bonds is 5. The molecule has 4 nitrogen and oxygen atoms in total. The number of pyridine rings is 1. The highest BCUT2D eigenvalue weighted by Crippen LogP contribution is 2.32. The summed E-state index contributed by atoms with van der Waals surface area (Å²) in [6.45, 7) is 3.33. The van der Waals surface area contributed by atoms with Crippen molar-refractivity contribution in [2.75, 3.05) is 6.61 Å². The molecule has 1 aromatic heterocycles. The zero-order valence-corrected chi connectivity index (χ0v) is 20.1. The molecular formula is C26H18Cl3NO3. The Balaban J connectivity index is 1.72. The fraction of sp³-hybridized carbons (Fsp3) is 0.115. The van der Waals surface area contributed by atoms with Gasteiger partial charge in [0.2, 0.25) is 5.78 Å². The lowest BCUT2D eigenvalue weighted by molar-refractivity contribution is 0.0476. The van der Waals surface area contributed by atoms with Crippen molar-refractivity contribution in [2.24, 2.45) is 0 Å². The van der Waals surface area contributed by atoms with Crippen molar-refractivity contribution >= 4 is 57.5 Å². The van der Waals surface area contributed by atoms with E-state index in [1.54, 1.807) is 31.2 Å². The van der Waals surface area contributed by atoms with Crippen LogP contribution in [0.3, 0.4) is 0 Å². The molecule has 0 bridgehead atoms. The van der Waals surface area contributed by atoms with E-state index >= 15 is 0 Å². The van der Waals surface area contributed by atoms with Gasteiger partial charge in [0.15, 0.2) is 6.61 Å². The molecule has 0 atom stereocenters. The molecule has 0 saturated carbocycles. The van der Waals surface area contributed by atoms with E-state index < -0.39 is 18.4 Å². The van der Waals surface area contributed by atoms with E-state index in [0.717, 1.165) is 11.1 Å². The van der Waals surface area contributed by atoms with Crippen LogP contribution in [0.1, 0.15) is 31.8 Å². The Hall–Kier alpha value is -2.92. The number of nitrogens with zero attached hydrogens (tertiary/aromatic N) is 1. The fourth-order valence-electron chi connectivity index (χ4n) is 3.58. The first-order chi connectivity index (χ1) is 15.7. The van der Waals surface area contributed by atoms with Crippen molar-refractivity contribution in [1.82, 2.24) is 4.98 Å². The molecule has 0 aliphatic carbocycles. The first kappa shape index (κ1) is 23.2. The van der Waals surface area contributed by atoms with Crippen molar-refractivity contribution in [1.29, 1.82) is 0 Å². The van der Waals surface area contributed by atoms with E-state index in [-0.39, 0.29) is 10.6 Å². The maximum Gasteiger partial charge on any atom is 0.339 e. The van der Waals surface area contributed by atoms with Gasteiger partial charge in [-0.2, -0.15) is 0 Å². The van der Waals surface area contributed by atoms with Gasteiger partial charge in [-0.15, -0.1) is 0 Å². The van der Waals surface area contributed by atoms with Crippen LogP contribution in [0.25, 0.3) is 22.2 Å². The number of Topliss-reactive ketones (excluding diaryl/α,β-unsaturated/α-hetero) is 1. The van der Waals surface area contributed by atoms with Crippen molar-refractivity contribution in [3.63, 3.8) is 0 Å². The molecule has 166 valence electrons. The Morgan fingerprint density at radius 2 is 1.55 bits per heavy atom. The minimum Gasteiger partial charge on any atom is -0.454 e. The standard InChI is InChI=1S/C26H18Cl3NO3/c1-14-3-5-16(6-4-14)25-15(2)24(20-11-17(27)8-10-22(20)30-25)26(32)33-13-23(31)19-9-7-18(28)12-21(19)29/h3-12H,13H2,1-2H3. The van der Waals surface area contributed by atoms with Crippen LogP contribution in [-0.4, -0.2) is 23.3 Å². The zero-order chi connectivity index (χ0) is 23.7. The summed E-state index contributed by atoms with van der Waals surface area (Å²) in [5.74, 6) is -1.08. The first-order valence-electron chi connectivity index (χ1n) is 10.1. The molecular weight excluding hydrogens is 481 g/mol. The van der Waals surface area contributed by atoms with Crippen LogP contribution >= 0.6 is 34.8 Å². The zero-order valence-electron chi connectivity index (χ0n) is 17.8. The van der Waals surface area contributed by atoms with Crippen molar-refractivity contribution < 1.29 is 14.3 Å². The van der Waals surface area contributed by atoms with Gasteiger partial charge < -0.3 is 4.74 Å². The average molecular weight is 499 g/mol. The normalized spacial score (nSPS) is 10.9. The average Bonchev–Trinajstić information content (AvgIpc) is 2.77. The fourth-order valence-corrected chi connectivity index (χ4v) is 4.27. The third kappa shape index (κ3) is 4.88. The molecule has 0 aliphatic rings. The van der Waals surface area contributed by atoms with Crippen molar-refractivity contribution in [3.8, 4) is 11.3 Å². The second kappa shape index (κ2) is 9.52. The van der Waals surface area contributed by atoms with E-state index in [4.69, 9.17) is 44.5 Å². The van der Waals surface area contributed by atoms with Gasteiger partial charge in [-0.1, -0.05) is 64.6 Å². The summed E-state index contributed by atoms with van der Waals surface area (Å²) < 4.78 is 5.42. The minimum absolute atomic E-state index is 0.197. The highest BCUT2D eigenvalue weighted by Gasteiger charge is 2.22. The Morgan fingerprint density at radius 1 is 0.879 bits per heavy atom. The molecule has 0 saturated heterocycles. The molecule has 0 fully saturated rings. The molecule has 4 aromatic rings. The number of aryl methyl sites for hydroxylation is 1. The second-order valence-corrected chi connectivity index (χ2v) is 8.89. The maximum atomic E-state index is 13.2. The molecule has 0 unspecified atom stereocenters. The van der Waals surface area contributed by atoms with E-state index in [9.17, 15) is 9.59 Å². The second-order valence-electron chi connectivity index (χ2n) is 7.61. The summed E-state index contributed by atoms with van der Waals surface area (Å²) >= 11 is 18.2. The number of ether oxygens (including phenoxy) is 1. The van der Waals surface area contributed by atoms with Crippen LogP contribution < -0.4 is 0 Å². The number of fused-ring (bicyclic) bond motifs is 1. The van der Waals surface area contributed by atoms with Gasteiger partial charge in [0.25, 0.3) is 0 Å². The quantitative estimate of drug-likeness (QED) is 0.211. The monoisotopic (exact) mass is 497 g/mol. The SMILES string of the molecule is Cc1ccc(-c2nc3ccc(Cl)cc3c(C(=O)OCC(=O)c3ccc(Cl)cc3Cl)c2C)cc1. The maximum absolute atomic E-state index is 13.2. The van der Waals surface area contributed by atoms with Crippen molar-refractivity contribution in [3.05, 3.63) is 98.0 Å². The number of carbonyl (C=O) groups excluding carboxylic acids is 2. The molecule has 4 rings (SSSR count). The number of esters is 1. The predicted molar refractivity (Wildman–Crippen MR) is 133 cm³/mol. The van der Waals surface area contributed by atoms with Gasteiger partial charge >= 0.3 is 5.97 Å². The summed E-state index contributed by atoms with van der Waals surface area (Å²) in [5.41, 5.74) is 4.41. The molecule has 0 amide bonds. The number of halogens is 3. The van der Waals surface area contributed by atoms with Crippen LogP contribution in [0, 0.1) is 13.8 Å². The Kier molecular flexibility index (Phi) is 6.71.